The highest BCUT2D eigenvalue weighted by Gasteiger charge is 2.43. The predicted molar refractivity (Wildman–Crippen MR) is 92.6 cm³/mol. The summed E-state index contributed by atoms with van der Waals surface area (Å²) in [6.45, 7) is -0.918. The van der Waals surface area contributed by atoms with Crippen LogP contribution >= 0.6 is 23.5 Å². The molecule has 0 radical (unpaired) electrons. The molecule has 0 aliphatic carbocycles. The van der Waals surface area contributed by atoms with Crippen molar-refractivity contribution in [3.63, 3.8) is 0 Å². The molecular weight excluding hydrogens is 479 g/mol. The van der Waals surface area contributed by atoms with E-state index in [-0.39, 0.29) is 17.8 Å². The Kier molecular flexibility index (Phi) is 7.52. The van der Waals surface area contributed by atoms with Crippen LogP contribution < -0.4 is 11.4 Å². The quantitative estimate of drug-likeness (QED) is 0.170. The van der Waals surface area contributed by atoms with Crippen molar-refractivity contribution >= 4 is 35.6 Å². The van der Waals surface area contributed by atoms with Gasteiger partial charge in [0.1, 0.15) is 18.1 Å². The second-order valence-electron chi connectivity index (χ2n) is 5.71. The minimum Gasteiger partial charge on any atom is -0.390 e. The van der Waals surface area contributed by atoms with Gasteiger partial charge in [-0.25, -0.2) is 18.5 Å². The first kappa shape index (κ1) is 24.9. The van der Waals surface area contributed by atoms with Crippen molar-refractivity contribution in [1.82, 2.24) is 9.55 Å². The third kappa shape index (κ3) is 6.85. The highest BCUT2D eigenvalue weighted by molar-refractivity contribution is 7.66. The predicted octanol–water partition coefficient (Wildman–Crippen LogP) is -1.37. The lowest BCUT2D eigenvalue weighted by atomic mass is 10.2. The van der Waals surface area contributed by atoms with E-state index < -0.39 is 54.2 Å². The maximum absolute atomic E-state index is 11.9. The molecule has 0 spiro atoms. The van der Waals surface area contributed by atoms with Crippen molar-refractivity contribution in [2.45, 2.75) is 24.9 Å². The fourth-order valence-corrected chi connectivity index (χ4v) is 5.33. The molecule has 2 heterocycles. The highest BCUT2D eigenvalue weighted by Crippen LogP contribution is 2.66. The largest absolute Gasteiger partial charge is 0.490 e. The number of phosphoric ester groups is 1. The topological polar surface area (TPSA) is 267 Å². The first-order valence-corrected chi connectivity index (χ1v) is 12.1. The lowest BCUT2D eigenvalue weighted by Gasteiger charge is -2.19. The minimum absolute atomic E-state index is 0.135. The molecule has 20 heteroatoms. The summed E-state index contributed by atoms with van der Waals surface area (Å²) >= 11 is 0. The molecule has 30 heavy (non-hydrogen) atoms. The fraction of sp³-hybridized carbons (Fsp3) is 0.500. The number of aromatic nitrogens is 2. The maximum atomic E-state index is 11.9. The molecule has 1 saturated heterocycles. The molecule has 5 unspecified atom stereocenters. The van der Waals surface area contributed by atoms with Crippen LogP contribution in [0.25, 0.3) is 0 Å². The summed E-state index contributed by atoms with van der Waals surface area (Å²) in [6.07, 6.45) is -2.78. The zero-order valence-electron chi connectivity index (χ0n) is 14.5. The first-order chi connectivity index (χ1) is 13.6. The van der Waals surface area contributed by atoms with E-state index in [0.717, 1.165) is 10.8 Å². The third-order valence-electron chi connectivity index (χ3n) is 3.47. The monoisotopic (exact) mass is 495 g/mol. The molecule has 7 N–H and O–H groups in total. The summed E-state index contributed by atoms with van der Waals surface area (Å²) in [5.74, 6) is -0.325. The second-order valence-corrected chi connectivity index (χ2v) is 10.1. The number of carbonyl (C=O) groups excluding carboxylic acids is 1. The minimum atomic E-state index is -5.70. The molecule has 0 amide bonds. The van der Waals surface area contributed by atoms with Gasteiger partial charge in [0.25, 0.3) is 0 Å². The number of carbonyl (C=O) groups is 1. The Morgan fingerprint density at radius 2 is 1.87 bits per heavy atom. The summed E-state index contributed by atoms with van der Waals surface area (Å²) in [7, 11) is -16.7. The molecule has 1 aromatic heterocycles. The van der Waals surface area contributed by atoms with Gasteiger partial charge < -0.3 is 35.2 Å². The summed E-state index contributed by atoms with van der Waals surface area (Å²) in [4.78, 5) is 61.6. The van der Waals surface area contributed by atoms with Gasteiger partial charge in [0.2, 0.25) is 0 Å². The van der Waals surface area contributed by atoms with E-state index in [1.807, 2.05) is 0 Å². The van der Waals surface area contributed by atoms with E-state index in [9.17, 15) is 33.3 Å². The smallest absolute Gasteiger partial charge is 0.390 e. The van der Waals surface area contributed by atoms with Crippen LogP contribution in [0.4, 0.5) is 5.82 Å². The third-order valence-corrected chi connectivity index (χ3v) is 7.27. The normalized spacial score (nSPS) is 26.1. The van der Waals surface area contributed by atoms with Crippen molar-refractivity contribution in [2.75, 3.05) is 12.3 Å². The van der Waals surface area contributed by atoms with Gasteiger partial charge >= 0.3 is 29.2 Å². The molecule has 5 atom stereocenters. The van der Waals surface area contributed by atoms with Crippen LogP contribution in [0, 0.1) is 0 Å². The van der Waals surface area contributed by atoms with Crippen LogP contribution in [-0.2, 0) is 31.6 Å². The van der Waals surface area contributed by atoms with Gasteiger partial charge in [-0.3, -0.25) is 13.9 Å². The number of ether oxygens (including phenoxy) is 1. The second kappa shape index (κ2) is 9.04. The molecule has 0 saturated carbocycles. The van der Waals surface area contributed by atoms with Gasteiger partial charge in [-0.1, -0.05) is 0 Å². The van der Waals surface area contributed by atoms with Crippen LogP contribution in [0.3, 0.4) is 0 Å². The molecule has 1 aromatic rings. The van der Waals surface area contributed by atoms with E-state index in [2.05, 4.69) is 18.1 Å². The van der Waals surface area contributed by atoms with Crippen molar-refractivity contribution in [2.24, 2.45) is 0 Å². The van der Waals surface area contributed by atoms with Crippen molar-refractivity contribution in [3.8, 4) is 0 Å². The number of anilines is 1. The van der Waals surface area contributed by atoms with Gasteiger partial charge in [-0.15, -0.1) is 0 Å². The average Bonchev–Trinajstić information content (AvgIpc) is 2.90. The van der Waals surface area contributed by atoms with Crippen LogP contribution in [0.5, 0.6) is 0 Å². The number of nitrogen functional groups attached to an aromatic ring is 1. The Morgan fingerprint density at radius 3 is 2.43 bits per heavy atom. The molecule has 2 rings (SSSR count). The summed E-state index contributed by atoms with van der Waals surface area (Å²) < 4.78 is 51.1. The number of nitrogens with two attached hydrogens (primary N) is 1. The van der Waals surface area contributed by atoms with Crippen LogP contribution in [0.2, 0.25) is 0 Å². The number of rotatable bonds is 9. The molecule has 1 aliphatic heterocycles. The van der Waals surface area contributed by atoms with Gasteiger partial charge in [0.05, 0.1) is 18.3 Å². The number of hydrogen-bond donors (Lipinski definition) is 6. The number of hydrogen-bond acceptors (Lipinski definition) is 12. The van der Waals surface area contributed by atoms with Crippen molar-refractivity contribution < 1.29 is 61.1 Å². The van der Waals surface area contributed by atoms with Gasteiger partial charge in [0, 0.05) is 12.6 Å². The van der Waals surface area contributed by atoms with E-state index in [1.54, 1.807) is 0 Å². The Hall–Kier alpha value is -1.32. The van der Waals surface area contributed by atoms with E-state index >= 15 is 0 Å². The molecule has 1 aliphatic rings. The number of aldehydes is 1. The van der Waals surface area contributed by atoms with E-state index in [0.29, 0.717) is 6.29 Å². The Bertz CT molecular complexity index is 1010. The first-order valence-electron chi connectivity index (χ1n) is 7.58. The van der Waals surface area contributed by atoms with Crippen LogP contribution in [-0.4, -0.2) is 59.3 Å². The number of phosphoric acid groups is 3. The number of nitrogens with zero attached hydrogens (tertiary/aromatic N) is 2. The fourth-order valence-electron chi connectivity index (χ4n) is 2.30. The van der Waals surface area contributed by atoms with Gasteiger partial charge in [-0.2, -0.15) is 13.6 Å². The Morgan fingerprint density at radius 1 is 1.23 bits per heavy atom. The van der Waals surface area contributed by atoms with Crippen LogP contribution in [0.15, 0.2) is 11.0 Å². The molecule has 0 aromatic carbocycles. The maximum Gasteiger partial charge on any atom is 0.490 e. The van der Waals surface area contributed by atoms with Gasteiger partial charge in [-0.05, 0) is 0 Å². The van der Waals surface area contributed by atoms with E-state index in [1.165, 1.54) is 0 Å². The summed E-state index contributed by atoms with van der Waals surface area (Å²) in [5.41, 5.74) is 4.35. The van der Waals surface area contributed by atoms with Crippen molar-refractivity contribution in [1.29, 1.82) is 0 Å². The number of aliphatic hydroxyl groups is 1. The zero-order valence-corrected chi connectivity index (χ0v) is 17.2. The zero-order chi connectivity index (χ0) is 22.9. The average molecular weight is 495 g/mol. The SMILES string of the molecule is Nc1nc(=O)n(C2CC(O)C(COP(=O)(O)OP(=O)(O)OP(=O)(O)O)O2)cc1C=O. The standard InChI is InChI=1S/C10H16N3O14P3/c11-9-5(3-14)2-13(10(16)12-9)8-1-6(15)7(25-8)4-24-29(20,21)27-30(22,23)26-28(17,18)19/h2-3,6-8,15H,1,4H2,(H,20,21)(H,22,23)(H2,11,12,16)(H2,17,18,19). The van der Waals surface area contributed by atoms with Gasteiger partial charge in [0.15, 0.2) is 6.29 Å². The van der Waals surface area contributed by atoms with Crippen LogP contribution in [0.1, 0.15) is 23.0 Å². The lowest BCUT2D eigenvalue weighted by molar-refractivity contribution is -0.0449. The molecule has 17 nitrogen and oxygen atoms in total. The molecular formula is C10H16N3O14P3. The lowest BCUT2D eigenvalue weighted by Crippen LogP contribution is -2.29. The molecule has 1 fully saturated rings. The Balaban J connectivity index is 2.05. The Labute approximate surface area is 166 Å². The summed E-state index contributed by atoms with van der Waals surface area (Å²) in [6, 6.07) is 0. The summed E-state index contributed by atoms with van der Waals surface area (Å²) in [5, 5.41) is 10.00. The molecule has 170 valence electrons. The van der Waals surface area contributed by atoms with Crippen molar-refractivity contribution in [3.05, 3.63) is 22.2 Å². The highest BCUT2D eigenvalue weighted by atomic mass is 31.3. The number of aliphatic hydroxyl groups excluding tert-OH is 1. The molecule has 0 bridgehead atoms. The van der Waals surface area contributed by atoms with E-state index in [4.69, 9.17) is 25.2 Å².